The number of ether oxygens (including phenoxy) is 9. The molecule has 4 aliphatic heterocycles. The maximum atomic E-state index is 13.2. The van der Waals surface area contributed by atoms with E-state index in [0.29, 0.717) is 19.3 Å². The van der Waals surface area contributed by atoms with Gasteiger partial charge in [-0.1, -0.05) is 31.2 Å². The first kappa shape index (κ1) is 52.2. The van der Waals surface area contributed by atoms with Crippen LogP contribution in [0.4, 0.5) is 0 Å². The predicted octanol–water partition coefficient (Wildman–Crippen LogP) is 2.90. The summed E-state index contributed by atoms with van der Waals surface area (Å²) in [6.07, 6.45) is -1.89. The predicted molar refractivity (Wildman–Crippen MR) is 226 cm³/mol. The van der Waals surface area contributed by atoms with Crippen molar-refractivity contribution in [2.24, 2.45) is 11.8 Å². The monoisotopic (exact) mass is 885 g/mol. The van der Waals surface area contributed by atoms with Crippen molar-refractivity contribution in [2.45, 2.75) is 197 Å². The van der Waals surface area contributed by atoms with Crippen molar-refractivity contribution in [1.82, 2.24) is 9.80 Å². The molecule has 17 nitrogen and oxygen atoms in total. The summed E-state index contributed by atoms with van der Waals surface area (Å²) in [4.78, 5) is 42.6. The van der Waals surface area contributed by atoms with Crippen molar-refractivity contribution in [3.63, 3.8) is 0 Å². The molecule has 0 aromatic carbocycles. The number of aldehydes is 1. The van der Waals surface area contributed by atoms with Crippen LogP contribution in [0, 0.1) is 11.8 Å². The summed E-state index contributed by atoms with van der Waals surface area (Å²) >= 11 is 0. The van der Waals surface area contributed by atoms with Crippen LogP contribution in [0.25, 0.3) is 0 Å². The summed E-state index contributed by atoms with van der Waals surface area (Å²) in [6, 6.07) is -0.475. The molecule has 0 spiro atoms. The lowest BCUT2D eigenvalue weighted by atomic mass is 9.82. The van der Waals surface area contributed by atoms with Crippen LogP contribution in [-0.4, -0.2) is 182 Å². The van der Waals surface area contributed by atoms with Gasteiger partial charge in [0.2, 0.25) is 0 Å². The van der Waals surface area contributed by atoms with E-state index >= 15 is 0 Å². The number of aliphatic hydroxyl groups excluding tert-OH is 2. The molecule has 14 unspecified atom stereocenters. The van der Waals surface area contributed by atoms with E-state index in [-0.39, 0.29) is 30.9 Å². The smallest absolute Gasteiger partial charge is 0.308 e. The highest BCUT2D eigenvalue weighted by Crippen LogP contribution is 2.38. The molecule has 0 aromatic heterocycles. The Kier molecular flexibility index (Phi) is 20.0. The number of carbonyl (C=O) groups is 3. The van der Waals surface area contributed by atoms with Gasteiger partial charge in [0.15, 0.2) is 25.0 Å². The van der Waals surface area contributed by atoms with Crippen LogP contribution in [0.3, 0.4) is 0 Å². The summed E-state index contributed by atoms with van der Waals surface area (Å²) in [6.45, 7) is 12.0. The molecule has 0 amide bonds. The van der Waals surface area contributed by atoms with Crippen molar-refractivity contribution in [3.8, 4) is 0 Å². The molecule has 0 saturated carbocycles. The molecule has 3 fully saturated rings. The minimum atomic E-state index is -1.50. The highest BCUT2D eigenvalue weighted by atomic mass is 16.7. The molecule has 356 valence electrons. The Bertz CT molecular complexity index is 1480. The van der Waals surface area contributed by atoms with Crippen LogP contribution < -0.4 is 0 Å². The standard InChI is InChI=1S/C45H76N2O15/c1-25-22-31(20-21-48)40(62-44-42(59-30(6)49)38(47(10)11)39(28(4)58-44)61-37-24-45(7,53)43(52)29(5)57-37)41(54-12)33(50)23-35(51)55-26(2)16-14-13-15-17-34(25)60-36-19-18-32(46(8)9)27(3)56-36/h13-15,17,21,25-29,31-34,36-44,50,52-53H,16,18-20,22-24H2,1-12H3/b14-13-,17-15+/t25-,26-,27?,28?,29?,31+,32?,33-,34?,36?,37?,38?,39?,40?,41+,42?,43?,44?,45?/m0/s1. The zero-order valence-electron chi connectivity index (χ0n) is 38.9. The van der Waals surface area contributed by atoms with Crippen LogP contribution in [-0.2, 0) is 57.0 Å². The van der Waals surface area contributed by atoms with Crippen molar-refractivity contribution in [3.05, 3.63) is 24.3 Å². The van der Waals surface area contributed by atoms with E-state index in [1.165, 1.54) is 21.0 Å². The molecule has 4 rings (SSSR count). The highest BCUT2D eigenvalue weighted by molar-refractivity contribution is 5.70. The van der Waals surface area contributed by atoms with Crippen molar-refractivity contribution in [1.29, 1.82) is 0 Å². The average Bonchev–Trinajstić information content (AvgIpc) is 3.16. The van der Waals surface area contributed by atoms with Gasteiger partial charge in [-0.2, -0.15) is 0 Å². The third kappa shape index (κ3) is 14.1. The molecule has 0 bridgehead atoms. The maximum absolute atomic E-state index is 13.2. The number of allylic oxidation sites excluding steroid dienone is 2. The number of hydrogen-bond acceptors (Lipinski definition) is 17. The Morgan fingerprint density at radius 1 is 0.887 bits per heavy atom. The number of esters is 2. The van der Waals surface area contributed by atoms with E-state index in [1.807, 2.05) is 57.1 Å². The van der Waals surface area contributed by atoms with Gasteiger partial charge < -0.3 is 72.5 Å². The van der Waals surface area contributed by atoms with Gasteiger partial charge in [0.05, 0.1) is 54.7 Å². The molecule has 0 aromatic rings. The largest absolute Gasteiger partial charge is 0.462 e. The van der Waals surface area contributed by atoms with Crippen LogP contribution in [0.5, 0.6) is 0 Å². The van der Waals surface area contributed by atoms with Gasteiger partial charge in [0.25, 0.3) is 0 Å². The van der Waals surface area contributed by atoms with Gasteiger partial charge in [-0.05, 0) is 93.9 Å². The summed E-state index contributed by atoms with van der Waals surface area (Å²) in [5.74, 6) is -2.18. The molecule has 17 heteroatoms. The van der Waals surface area contributed by atoms with E-state index in [4.69, 9.17) is 42.6 Å². The Labute approximate surface area is 368 Å². The Morgan fingerprint density at radius 3 is 2.18 bits per heavy atom. The van der Waals surface area contributed by atoms with Gasteiger partial charge in [-0.3, -0.25) is 9.59 Å². The van der Waals surface area contributed by atoms with E-state index < -0.39 is 116 Å². The van der Waals surface area contributed by atoms with E-state index in [9.17, 15) is 29.7 Å². The van der Waals surface area contributed by atoms with Crippen molar-refractivity contribution < 1.29 is 72.3 Å². The number of likely N-dealkylation sites (N-methyl/N-ethyl adjacent to an activating group) is 2. The second kappa shape index (κ2) is 23.7. The van der Waals surface area contributed by atoms with Gasteiger partial charge >= 0.3 is 11.9 Å². The third-order valence-corrected chi connectivity index (χ3v) is 12.7. The average molecular weight is 885 g/mol. The SMILES string of the molecule is CO[C@H]1C(OC2OC(C)C(OC3CC(C)(O)C(O)C(C)O3)C(N(C)C)C2OC(C)=O)[C@H](CC=O)C[C@H](C)C(OC2CCC(N(C)C)C(C)O2)/C=C/C=C\C[C@H](C)OC(=O)C[C@@H]1O. The number of hydrogen-bond donors (Lipinski definition) is 3. The minimum absolute atomic E-state index is 0.0345. The van der Waals surface area contributed by atoms with Gasteiger partial charge in [0, 0.05) is 39.3 Å². The molecule has 4 aliphatic rings. The van der Waals surface area contributed by atoms with Gasteiger partial charge in [-0.25, -0.2) is 0 Å². The molecule has 19 atom stereocenters. The number of nitrogens with zero attached hydrogens (tertiary/aromatic N) is 2. The van der Waals surface area contributed by atoms with Gasteiger partial charge in [0.1, 0.15) is 30.7 Å². The second-order valence-corrected chi connectivity index (χ2v) is 18.4. The molecule has 4 heterocycles. The minimum Gasteiger partial charge on any atom is -0.462 e. The fourth-order valence-electron chi connectivity index (χ4n) is 9.39. The highest BCUT2D eigenvalue weighted by Gasteiger charge is 2.53. The number of rotatable bonds is 12. The molecule has 3 N–H and O–H groups in total. The Morgan fingerprint density at radius 2 is 1.58 bits per heavy atom. The zero-order valence-corrected chi connectivity index (χ0v) is 38.9. The summed E-state index contributed by atoms with van der Waals surface area (Å²) in [7, 11) is 9.03. The zero-order chi connectivity index (χ0) is 46.1. The molecule has 62 heavy (non-hydrogen) atoms. The fourth-order valence-corrected chi connectivity index (χ4v) is 9.39. The maximum Gasteiger partial charge on any atom is 0.308 e. The summed E-state index contributed by atoms with van der Waals surface area (Å²) in [5.41, 5.74) is -1.50. The Balaban J connectivity index is 1.73. The van der Waals surface area contributed by atoms with Crippen LogP contribution in [0.1, 0.15) is 93.4 Å². The van der Waals surface area contributed by atoms with E-state index in [1.54, 1.807) is 34.9 Å². The summed E-state index contributed by atoms with van der Waals surface area (Å²) < 4.78 is 56.6. The van der Waals surface area contributed by atoms with E-state index in [2.05, 4.69) is 4.90 Å². The van der Waals surface area contributed by atoms with Crippen LogP contribution in [0.2, 0.25) is 0 Å². The van der Waals surface area contributed by atoms with Crippen LogP contribution >= 0.6 is 0 Å². The van der Waals surface area contributed by atoms with Crippen molar-refractivity contribution in [2.75, 3.05) is 35.3 Å². The number of aliphatic hydroxyl groups is 3. The topological polar surface area (TPSA) is 201 Å². The normalized spacial score (nSPS) is 44.0. The van der Waals surface area contributed by atoms with Crippen LogP contribution in [0.15, 0.2) is 24.3 Å². The lowest BCUT2D eigenvalue weighted by Gasteiger charge is -2.50. The molecular formula is C45H76N2O15. The lowest BCUT2D eigenvalue weighted by molar-refractivity contribution is -0.344. The Hall–Kier alpha value is -2.39. The second-order valence-electron chi connectivity index (χ2n) is 18.4. The fraction of sp³-hybridized carbons (Fsp3) is 0.844. The third-order valence-electron chi connectivity index (χ3n) is 12.7. The quantitative estimate of drug-likeness (QED) is 0.191. The number of methoxy groups -OCH3 is 1. The first-order valence-corrected chi connectivity index (χ1v) is 22.2. The van der Waals surface area contributed by atoms with Gasteiger partial charge in [-0.15, -0.1) is 0 Å². The molecule has 0 aliphatic carbocycles. The molecule has 0 radical (unpaired) electrons. The first-order chi connectivity index (χ1) is 29.2. The first-order valence-electron chi connectivity index (χ1n) is 22.2. The number of carbonyl (C=O) groups excluding carboxylic acids is 3. The van der Waals surface area contributed by atoms with E-state index in [0.717, 1.165) is 12.7 Å². The summed E-state index contributed by atoms with van der Waals surface area (Å²) in [5, 5.41) is 33.3. The number of cyclic esters (lactones) is 1. The molecular weight excluding hydrogens is 808 g/mol. The molecule has 3 saturated heterocycles. The lowest BCUT2D eigenvalue weighted by Crippen LogP contribution is -2.66. The van der Waals surface area contributed by atoms with Crippen molar-refractivity contribution >= 4 is 18.2 Å².